The Morgan fingerprint density at radius 1 is 1.21 bits per heavy atom. The maximum Gasteiger partial charge on any atom is 0.150 e. The lowest BCUT2D eigenvalue weighted by molar-refractivity contribution is 0.554. The molecule has 0 bridgehead atoms. The van der Waals surface area contributed by atoms with Crippen molar-refractivity contribution in [2.45, 2.75) is 30.7 Å². The molecule has 3 heterocycles. The minimum Gasteiger partial charge on any atom is -0.392 e. The lowest BCUT2D eigenvalue weighted by atomic mass is 10.1. The summed E-state index contributed by atoms with van der Waals surface area (Å²) in [4.78, 5) is 4.02. The third-order valence-corrected chi connectivity index (χ3v) is 6.25. The molecule has 0 amide bonds. The first-order valence-corrected chi connectivity index (χ1v) is 10.2. The van der Waals surface area contributed by atoms with Gasteiger partial charge in [0.25, 0.3) is 0 Å². The van der Waals surface area contributed by atoms with Gasteiger partial charge in [0.05, 0.1) is 16.8 Å². The van der Waals surface area contributed by atoms with Crippen LogP contribution >= 0.6 is 11.8 Å². The van der Waals surface area contributed by atoms with Crippen molar-refractivity contribution in [2.24, 2.45) is 18.5 Å². The zero-order valence-electron chi connectivity index (χ0n) is 15.7. The highest BCUT2D eigenvalue weighted by molar-refractivity contribution is 8.03. The predicted octanol–water partition coefficient (Wildman–Crippen LogP) is 3.03. The van der Waals surface area contributed by atoms with Crippen molar-refractivity contribution in [3.05, 3.63) is 52.8 Å². The molecule has 0 radical (unpaired) electrons. The predicted molar refractivity (Wildman–Crippen MR) is 109 cm³/mol. The fraction of sp³-hybridized carbons (Fsp3) is 0.421. The molecule has 4 N–H and O–H groups in total. The summed E-state index contributed by atoms with van der Waals surface area (Å²) in [7, 11) is 1.87. The fourth-order valence-corrected chi connectivity index (χ4v) is 4.96. The smallest absolute Gasteiger partial charge is 0.150 e. The third kappa shape index (κ3) is 3.44. The summed E-state index contributed by atoms with van der Waals surface area (Å²) in [5, 5.41) is 4.28. The zero-order valence-corrected chi connectivity index (χ0v) is 16.5. The molecule has 1 saturated heterocycles. The molecular weight excluding hydrogens is 382 g/mol. The molecule has 150 valence electrons. The molecule has 2 atom stereocenters. The topological polar surface area (TPSA) is 76.3 Å². The first kappa shape index (κ1) is 19.1. The summed E-state index contributed by atoms with van der Waals surface area (Å²) >= 11 is 1.22. The van der Waals surface area contributed by atoms with Gasteiger partial charge in [-0.1, -0.05) is 24.2 Å². The number of halogens is 2. The number of rotatable bonds is 3. The van der Waals surface area contributed by atoms with Crippen molar-refractivity contribution in [3.63, 3.8) is 0 Å². The van der Waals surface area contributed by atoms with Crippen LogP contribution in [0.3, 0.4) is 0 Å². The molecule has 1 aromatic carbocycles. The van der Waals surface area contributed by atoms with Gasteiger partial charge in [-0.3, -0.25) is 4.68 Å². The van der Waals surface area contributed by atoms with Crippen molar-refractivity contribution in [1.29, 1.82) is 0 Å². The Hall–Kier alpha value is -2.26. The molecule has 2 aliphatic rings. The fourth-order valence-electron chi connectivity index (χ4n) is 3.90. The molecule has 1 unspecified atom stereocenters. The zero-order chi connectivity index (χ0) is 19.8. The molecule has 0 aliphatic carbocycles. The Morgan fingerprint density at radius 3 is 2.71 bits per heavy atom. The van der Waals surface area contributed by atoms with Crippen molar-refractivity contribution in [2.75, 3.05) is 22.9 Å². The van der Waals surface area contributed by atoms with Crippen molar-refractivity contribution >= 4 is 23.3 Å². The molecule has 1 fully saturated rings. The number of hydrogen-bond donors (Lipinski definition) is 2. The van der Waals surface area contributed by atoms with E-state index in [1.165, 1.54) is 30.0 Å². The van der Waals surface area contributed by atoms with Gasteiger partial charge in [-0.15, -0.1) is 0 Å². The quantitative estimate of drug-likeness (QED) is 0.816. The molecule has 0 saturated carbocycles. The van der Waals surface area contributed by atoms with Crippen LogP contribution in [0.5, 0.6) is 0 Å². The summed E-state index contributed by atoms with van der Waals surface area (Å²) in [6.07, 6.45) is 6.54. The normalized spacial score (nSPS) is 23.1. The lowest BCUT2D eigenvalue weighted by Crippen LogP contribution is -2.37. The van der Waals surface area contributed by atoms with Gasteiger partial charge in [0.15, 0.2) is 5.82 Å². The maximum absolute atomic E-state index is 14.5. The monoisotopic (exact) mass is 406 g/mol. The first-order valence-electron chi connectivity index (χ1n) is 9.34. The van der Waals surface area contributed by atoms with E-state index in [9.17, 15) is 8.78 Å². The Labute approximate surface area is 167 Å². The van der Waals surface area contributed by atoms with Crippen LogP contribution in [0.15, 0.2) is 35.6 Å². The van der Waals surface area contributed by atoms with Gasteiger partial charge in [0.1, 0.15) is 22.7 Å². The van der Waals surface area contributed by atoms with E-state index in [1.807, 2.05) is 7.05 Å². The van der Waals surface area contributed by atoms with Gasteiger partial charge in [-0.2, -0.15) is 5.10 Å². The van der Waals surface area contributed by atoms with E-state index in [1.54, 1.807) is 22.0 Å². The van der Waals surface area contributed by atoms with E-state index in [0.717, 1.165) is 37.3 Å². The van der Waals surface area contributed by atoms with Crippen LogP contribution in [0.2, 0.25) is 0 Å². The van der Waals surface area contributed by atoms with Crippen LogP contribution in [-0.2, 0) is 7.05 Å². The van der Waals surface area contributed by atoms with E-state index in [2.05, 4.69) is 10.00 Å². The van der Waals surface area contributed by atoms with Gasteiger partial charge in [-0.25, -0.2) is 8.78 Å². The summed E-state index contributed by atoms with van der Waals surface area (Å²) in [6, 6.07) is 3.98. The van der Waals surface area contributed by atoms with Gasteiger partial charge >= 0.3 is 0 Å². The number of aromatic nitrogens is 2. The average Bonchev–Trinajstić information content (AvgIpc) is 3.12. The van der Waals surface area contributed by atoms with E-state index in [0.29, 0.717) is 11.6 Å². The standard InChI is InChI=1S/C19H24F2N6S/c1-25-18(26-8-3-2-5-12(22)10-26)15(9-24-25)27-11-16(23)28-19(27)17-13(20)6-4-7-14(17)21/h4,6-7,9,11-12,19H,2-3,5,8,10,22-23H2,1H3/t12?,19-/m1/s1. The highest BCUT2D eigenvalue weighted by Gasteiger charge is 2.35. The molecule has 0 spiro atoms. The molecule has 1 aromatic heterocycles. The first-order chi connectivity index (χ1) is 13.5. The maximum atomic E-state index is 14.5. The molecule has 4 rings (SSSR count). The van der Waals surface area contributed by atoms with Gasteiger partial charge in [0.2, 0.25) is 0 Å². The largest absolute Gasteiger partial charge is 0.392 e. The van der Waals surface area contributed by atoms with Crippen LogP contribution < -0.4 is 21.3 Å². The highest BCUT2D eigenvalue weighted by Crippen LogP contribution is 2.48. The number of hydrogen-bond acceptors (Lipinski definition) is 6. The van der Waals surface area contributed by atoms with Crippen molar-refractivity contribution < 1.29 is 8.78 Å². The Bertz CT molecular complexity index is 878. The molecule has 28 heavy (non-hydrogen) atoms. The second-order valence-electron chi connectivity index (χ2n) is 7.22. The Balaban J connectivity index is 1.75. The number of nitrogens with zero attached hydrogens (tertiary/aromatic N) is 4. The van der Waals surface area contributed by atoms with Crippen molar-refractivity contribution in [1.82, 2.24) is 9.78 Å². The van der Waals surface area contributed by atoms with Gasteiger partial charge in [-0.05, 0) is 25.0 Å². The number of benzene rings is 1. The van der Waals surface area contributed by atoms with Crippen LogP contribution in [0.1, 0.15) is 30.2 Å². The van der Waals surface area contributed by atoms with Gasteiger partial charge < -0.3 is 21.3 Å². The van der Waals surface area contributed by atoms with E-state index in [-0.39, 0.29) is 11.6 Å². The lowest BCUT2D eigenvalue weighted by Gasteiger charge is -2.30. The SMILES string of the molecule is Cn1ncc(N2C=C(N)S[C@@H]2c2c(F)cccc2F)c1N1CCCCC(N)C1. The van der Waals surface area contributed by atoms with Crippen LogP contribution in [0, 0.1) is 11.6 Å². The van der Waals surface area contributed by atoms with Gasteiger partial charge in [0, 0.05) is 32.4 Å². The summed E-state index contributed by atoms with van der Waals surface area (Å²) < 4.78 is 30.8. The second-order valence-corrected chi connectivity index (χ2v) is 8.38. The number of thioether (sulfide) groups is 1. The molecule has 6 nitrogen and oxygen atoms in total. The molecular formula is C19H24F2N6S. The van der Waals surface area contributed by atoms with Crippen LogP contribution in [0.4, 0.5) is 20.3 Å². The van der Waals surface area contributed by atoms with E-state index < -0.39 is 17.0 Å². The minimum absolute atomic E-state index is 0.00780. The van der Waals surface area contributed by atoms with E-state index >= 15 is 0 Å². The van der Waals surface area contributed by atoms with Crippen LogP contribution in [-0.4, -0.2) is 28.9 Å². The van der Waals surface area contributed by atoms with E-state index in [4.69, 9.17) is 11.5 Å². The second kappa shape index (κ2) is 7.63. The number of nitrogens with two attached hydrogens (primary N) is 2. The summed E-state index contributed by atoms with van der Waals surface area (Å²) in [6.45, 7) is 1.57. The molecule has 9 heteroatoms. The molecule has 2 aromatic rings. The minimum atomic E-state index is -0.634. The Morgan fingerprint density at radius 2 is 1.96 bits per heavy atom. The van der Waals surface area contributed by atoms with Crippen molar-refractivity contribution in [3.8, 4) is 0 Å². The number of anilines is 2. The summed E-state index contributed by atoms with van der Waals surface area (Å²) in [5.74, 6) is -0.300. The average molecular weight is 407 g/mol. The third-order valence-electron chi connectivity index (χ3n) is 5.19. The number of aryl methyl sites for hydroxylation is 1. The molecule has 2 aliphatic heterocycles. The van der Waals surface area contributed by atoms with Crippen LogP contribution in [0.25, 0.3) is 0 Å². The summed E-state index contributed by atoms with van der Waals surface area (Å²) in [5.41, 5.74) is 13.0. The highest BCUT2D eigenvalue weighted by atomic mass is 32.2. The Kier molecular flexibility index (Phi) is 5.20.